The van der Waals surface area contributed by atoms with E-state index in [-0.39, 0.29) is 23.3 Å². The van der Waals surface area contributed by atoms with Crippen molar-refractivity contribution in [3.63, 3.8) is 0 Å². The Morgan fingerprint density at radius 1 is 1.21 bits per heavy atom. The molecule has 0 aliphatic carbocycles. The zero-order valence-electron chi connectivity index (χ0n) is 16.9. The lowest BCUT2D eigenvalue weighted by Crippen LogP contribution is -2.51. The minimum atomic E-state index is -0.510. The highest BCUT2D eigenvalue weighted by Gasteiger charge is 2.25. The molecule has 9 nitrogen and oxygen atoms in total. The zero-order valence-corrected chi connectivity index (χ0v) is 16.9. The molecule has 2 rings (SSSR count). The number of aryl methyl sites for hydroxylation is 1. The van der Waals surface area contributed by atoms with Gasteiger partial charge in [-0.3, -0.25) is 19.8 Å². The summed E-state index contributed by atoms with van der Waals surface area (Å²) in [4.78, 5) is 38.6. The highest BCUT2D eigenvalue weighted by Crippen LogP contribution is 2.19. The van der Waals surface area contributed by atoms with Crippen molar-refractivity contribution in [1.29, 1.82) is 0 Å². The standard InChI is InChI=1S/C19H28N4O5/c1-14-5-6-15(13-16(14)23(26)27)17(24)20-7-8-21-9-11-22(12-10-21)18(25)28-19(2,3)4/h5-6,13H,7-12H2,1-4H3,(H,20,24). The van der Waals surface area contributed by atoms with E-state index in [2.05, 4.69) is 10.2 Å². The zero-order chi connectivity index (χ0) is 20.9. The molecule has 2 amide bonds. The minimum absolute atomic E-state index is 0.0640. The molecule has 0 saturated carbocycles. The highest BCUT2D eigenvalue weighted by atomic mass is 16.6. The largest absolute Gasteiger partial charge is 0.444 e. The third kappa shape index (κ3) is 6.19. The molecule has 0 bridgehead atoms. The van der Waals surface area contributed by atoms with E-state index in [1.54, 1.807) is 24.0 Å². The lowest BCUT2D eigenvalue weighted by Gasteiger charge is -2.35. The third-order valence-corrected chi connectivity index (χ3v) is 4.41. The molecule has 1 aromatic carbocycles. The monoisotopic (exact) mass is 392 g/mol. The summed E-state index contributed by atoms with van der Waals surface area (Å²) in [5, 5.41) is 13.8. The number of hydrogen-bond donors (Lipinski definition) is 1. The van der Waals surface area contributed by atoms with Crippen LogP contribution in [0.1, 0.15) is 36.7 Å². The first-order chi connectivity index (χ1) is 13.1. The van der Waals surface area contributed by atoms with E-state index < -0.39 is 10.5 Å². The smallest absolute Gasteiger partial charge is 0.410 e. The Bertz CT molecular complexity index is 736. The lowest BCUT2D eigenvalue weighted by atomic mass is 10.1. The highest BCUT2D eigenvalue weighted by molar-refractivity contribution is 5.94. The van der Waals surface area contributed by atoms with Crippen molar-refractivity contribution >= 4 is 17.7 Å². The van der Waals surface area contributed by atoms with E-state index in [4.69, 9.17) is 4.74 Å². The average Bonchev–Trinajstić information content (AvgIpc) is 2.60. The molecule has 154 valence electrons. The molecule has 1 heterocycles. The molecule has 1 saturated heterocycles. The number of nitro groups is 1. The second-order valence-corrected chi connectivity index (χ2v) is 7.82. The van der Waals surface area contributed by atoms with Crippen LogP contribution >= 0.6 is 0 Å². The van der Waals surface area contributed by atoms with Gasteiger partial charge in [-0.15, -0.1) is 0 Å². The molecule has 9 heteroatoms. The number of hydrogen-bond acceptors (Lipinski definition) is 6. The normalized spacial score (nSPS) is 15.2. The SMILES string of the molecule is Cc1ccc(C(=O)NCCN2CCN(C(=O)OC(C)(C)C)CC2)cc1[N+](=O)[O-]. The van der Waals surface area contributed by atoms with Crippen LogP contribution < -0.4 is 5.32 Å². The van der Waals surface area contributed by atoms with Crippen LogP contribution in [0.15, 0.2) is 18.2 Å². The number of ether oxygens (including phenoxy) is 1. The molecule has 0 radical (unpaired) electrons. The first kappa shape index (κ1) is 21.6. The van der Waals surface area contributed by atoms with Gasteiger partial charge in [-0.05, 0) is 33.8 Å². The summed E-state index contributed by atoms with van der Waals surface area (Å²) in [5.74, 6) is -0.338. The molecule has 0 unspecified atom stereocenters. The van der Waals surface area contributed by atoms with Gasteiger partial charge in [0.2, 0.25) is 0 Å². The van der Waals surface area contributed by atoms with Crippen LogP contribution in [0.5, 0.6) is 0 Å². The quantitative estimate of drug-likeness (QED) is 0.608. The van der Waals surface area contributed by atoms with Gasteiger partial charge in [0.05, 0.1) is 4.92 Å². The van der Waals surface area contributed by atoms with Gasteiger partial charge in [0.15, 0.2) is 0 Å². The molecular formula is C19H28N4O5. The second-order valence-electron chi connectivity index (χ2n) is 7.82. The maximum absolute atomic E-state index is 12.2. The Labute approximate surface area is 164 Å². The number of carbonyl (C=O) groups is 2. The number of benzene rings is 1. The van der Waals surface area contributed by atoms with Crippen molar-refractivity contribution < 1.29 is 19.2 Å². The fraction of sp³-hybridized carbons (Fsp3) is 0.579. The predicted molar refractivity (Wildman–Crippen MR) is 104 cm³/mol. The molecule has 0 aromatic heterocycles. The van der Waals surface area contributed by atoms with Gasteiger partial charge in [-0.1, -0.05) is 6.07 Å². The molecular weight excluding hydrogens is 364 g/mol. The van der Waals surface area contributed by atoms with E-state index in [1.807, 2.05) is 20.8 Å². The minimum Gasteiger partial charge on any atom is -0.444 e. The fourth-order valence-electron chi connectivity index (χ4n) is 2.86. The molecule has 1 aliphatic rings. The maximum Gasteiger partial charge on any atom is 0.410 e. The molecule has 1 aromatic rings. The number of nitro benzene ring substituents is 1. The van der Waals surface area contributed by atoms with Crippen molar-refractivity contribution in [1.82, 2.24) is 15.1 Å². The van der Waals surface area contributed by atoms with Gasteiger partial charge in [-0.25, -0.2) is 4.79 Å². The van der Waals surface area contributed by atoms with Crippen molar-refractivity contribution in [3.8, 4) is 0 Å². The number of piperazine rings is 1. The molecule has 1 N–H and O–H groups in total. The van der Waals surface area contributed by atoms with Crippen molar-refractivity contribution in [3.05, 3.63) is 39.4 Å². The van der Waals surface area contributed by atoms with Gasteiger partial charge in [0.25, 0.3) is 11.6 Å². The summed E-state index contributed by atoms with van der Waals surface area (Å²) in [6.45, 7) is 10.8. The second kappa shape index (κ2) is 9.01. The summed E-state index contributed by atoms with van der Waals surface area (Å²) in [6, 6.07) is 4.45. The van der Waals surface area contributed by atoms with Crippen LogP contribution in [0.2, 0.25) is 0 Å². The van der Waals surface area contributed by atoms with Crippen molar-refractivity contribution in [2.45, 2.75) is 33.3 Å². The van der Waals surface area contributed by atoms with Gasteiger partial charge >= 0.3 is 6.09 Å². The van der Waals surface area contributed by atoms with E-state index in [1.165, 1.54) is 6.07 Å². The van der Waals surface area contributed by atoms with Crippen LogP contribution in [0.3, 0.4) is 0 Å². The summed E-state index contributed by atoms with van der Waals surface area (Å²) in [6.07, 6.45) is -0.304. The van der Waals surface area contributed by atoms with E-state index in [0.717, 1.165) is 0 Å². The topological polar surface area (TPSA) is 105 Å². The first-order valence-corrected chi connectivity index (χ1v) is 9.30. The Morgan fingerprint density at radius 2 is 1.86 bits per heavy atom. The molecule has 1 fully saturated rings. The maximum atomic E-state index is 12.2. The van der Waals surface area contributed by atoms with Crippen LogP contribution in [0, 0.1) is 17.0 Å². The Morgan fingerprint density at radius 3 is 2.43 bits per heavy atom. The molecule has 0 atom stereocenters. The van der Waals surface area contributed by atoms with Crippen LogP contribution in [-0.4, -0.2) is 71.6 Å². The van der Waals surface area contributed by atoms with Crippen LogP contribution in [0.25, 0.3) is 0 Å². The predicted octanol–water partition coefficient (Wildman–Crippen LogP) is 2.19. The number of rotatable bonds is 5. The van der Waals surface area contributed by atoms with Gasteiger partial charge < -0.3 is 15.0 Å². The van der Waals surface area contributed by atoms with Crippen LogP contribution in [-0.2, 0) is 4.74 Å². The number of nitrogens with one attached hydrogen (secondary N) is 1. The van der Waals surface area contributed by atoms with E-state index in [0.29, 0.717) is 44.8 Å². The van der Waals surface area contributed by atoms with Gasteiger partial charge in [0.1, 0.15) is 5.60 Å². The van der Waals surface area contributed by atoms with Gasteiger partial charge in [-0.2, -0.15) is 0 Å². The summed E-state index contributed by atoms with van der Waals surface area (Å²) < 4.78 is 5.37. The summed E-state index contributed by atoms with van der Waals surface area (Å²) in [7, 11) is 0. The molecule has 0 spiro atoms. The first-order valence-electron chi connectivity index (χ1n) is 9.30. The number of amides is 2. The molecule has 28 heavy (non-hydrogen) atoms. The van der Waals surface area contributed by atoms with Gasteiger partial charge in [0, 0.05) is 56.5 Å². The lowest BCUT2D eigenvalue weighted by molar-refractivity contribution is -0.385. The van der Waals surface area contributed by atoms with Crippen LogP contribution in [0.4, 0.5) is 10.5 Å². The van der Waals surface area contributed by atoms with Crippen molar-refractivity contribution in [2.24, 2.45) is 0 Å². The summed E-state index contributed by atoms with van der Waals surface area (Å²) >= 11 is 0. The van der Waals surface area contributed by atoms with E-state index in [9.17, 15) is 19.7 Å². The van der Waals surface area contributed by atoms with E-state index >= 15 is 0 Å². The third-order valence-electron chi connectivity index (χ3n) is 4.41. The average molecular weight is 392 g/mol. The fourth-order valence-corrected chi connectivity index (χ4v) is 2.86. The number of carbonyl (C=O) groups excluding carboxylic acids is 2. The summed E-state index contributed by atoms with van der Waals surface area (Å²) in [5.41, 5.74) is 0.214. The Hall–Kier alpha value is -2.68. The Kier molecular flexibility index (Phi) is 6.95. The molecule has 1 aliphatic heterocycles. The Balaban J connectivity index is 1.76. The van der Waals surface area contributed by atoms with Crippen molar-refractivity contribution in [2.75, 3.05) is 39.3 Å². The number of nitrogens with zero attached hydrogens (tertiary/aromatic N) is 3.